The average Bonchev–Trinajstić information content (AvgIpc) is 2.74. The number of nitrogens with zero attached hydrogens (tertiary/aromatic N) is 1. The smallest absolute Gasteiger partial charge is 0.258 e. The first-order valence-electron chi connectivity index (χ1n) is 9.18. The zero-order chi connectivity index (χ0) is 19.8. The van der Waals surface area contributed by atoms with Crippen molar-refractivity contribution in [3.63, 3.8) is 0 Å². The van der Waals surface area contributed by atoms with Crippen LogP contribution in [-0.2, 0) is 4.79 Å². The van der Waals surface area contributed by atoms with E-state index in [4.69, 9.17) is 0 Å². The second-order valence-corrected chi connectivity index (χ2v) is 6.20. The van der Waals surface area contributed by atoms with E-state index < -0.39 is 0 Å². The third-order valence-electron chi connectivity index (χ3n) is 4.23. The molecule has 4 nitrogen and oxygen atoms in total. The molecule has 3 aromatic rings. The molecule has 0 heterocycles. The summed E-state index contributed by atoms with van der Waals surface area (Å²) >= 11 is 0. The van der Waals surface area contributed by atoms with Gasteiger partial charge in [-0.1, -0.05) is 54.6 Å². The lowest BCUT2D eigenvalue weighted by molar-refractivity contribution is -0.111. The fourth-order valence-electron chi connectivity index (χ4n) is 2.86. The first kappa shape index (κ1) is 19.1. The van der Waals surface area contributed by atoms with Crippen molar-refractivity contribution < 1.29 is 9.59 Å². The molecule has 0 saturated carbocycles. The second kappa shape index (κ2) is 9.33. The van der Waals surface area contributed by atoms with Crippen LogP contribution in [0.1, 0.15) is 22.8 Å². The number of amides is 2. The van der Waals surface area contributed by atoms with Crippen LogP contribution in [0.3, 0.4) is 0 Å². The Morgan fingerprint density at radius 1 is 0.893 bits per heavy atom. The number of carbonyl (C=O) groups excluding carboxylic acids is 2. The van der Waals surface area contributed by atoms with Gasteiger partial charge in [-0.2, -0.15) is 0 Å². The van der Waals surface area contributed by atoms with Crippen LogP contribution < -0.4 is 10.2 Å². The van der Waals surface area contributed by atoms with Gasteiger partial charge in [0.15, 0.2) is 0 Å². The van der Waals surface area contributed by atoms with E-state index in [2.05, 4.69) is 5.32 Å². The molecule has 0 bridgehead atoms. The molecule has 3 aromatic carbocycles. The Morgan fingerprint density at radius 3 is 2.25 bits per heavy atom. The summed E-state index contributed by atoms with van der Waals surface area (Å²) in [4.78, 5) is 26.8. The zero-order valence-corrected chi connectivity index (χ0v) is 15.7. The largest absolute Gasteiger partial charge is 0.322 e. The van der Waals surface area contributed by atoms with Crippen molar-refractivity contribution in [1.29, 1.82) is 0 Å². The molecule has 28 heavy (non-hydrogen) atoms. The van der Waals surface area contributed by atoms with Crippen molar-refractivity contribution >= 4 is 29.3 Å². The maximum absolute atomic E-state index is 12.9. The van der Waals surface area contributed by atoms with E-state index in [9.17, 15) is 9.59 Å². The van der Waals surface area contributed by atoms with Crippen molar-refractivity contribution in [3.05, 3.63) is 102 Å². The Balaban J connectivity index is 1.72. The number of para-hydroxylation sites is 1. The number of carbonyl (C=O) groups is 2. The topological polar surface area (TPSA) is 49.4 Å². The van der Waals surface area contributed by atoms with Crippen LogP contribution >= 0.6 is 0 Å². The summed E-state index contributed by atoms with van der Waals surface area (Å²) < 4.78 is 0. The standard InChI is InChI=1S/C24H22N2O2/c1-2-26(22-14-7-4-8-15-22)24(28)20-12-9-13-21(18-20)25-23(27)17-16-19-10-5-3-6-11-19/h3-18H,2H2,1H3,(H,25,27)/b17-16+. The number of hydrogen-bond donors (Lipinski definition) is 1. The van der Waals surface area contributed by atoms with Gasteiger partial charge in [0.05, 0.1) is 0 Å². The molecule has 0 aliphatic rings. The summed E-state index contributed by atoms with van der Waals surface area (Å²) in [6.45, 7) is 2.49. The van der Waals surface area contributed by atoms with E-state index in [0.717, 1.165) is 11.3 Å². The molecule has 0 unspecified atom stereocenters. The molecule has 0 atom stereocenters. The molecule has 140 valence electrons. The van der Waals surface area contributed by atoms with Gasteiger partial charge in [-0.15, -0.1) is 0 Å². The maximum atomic E-state index is 12.9. The van der Waals surface area contributed by atoms with Gasteiger partial charge in [0.25, 0.3) is 5.91 Å². The van der Waals surface area contributed by atoms with Crippen LogP contribution in [0.5, 0.6) is 0 Å². The van der Waals surface area contributed by atoms with Gasteiger partial charge in [0, 0.05) is 29.6 Å². The van der Waals surface area contributed by atoms with Gasteiger partial charge in [0.2, 0.25) is 5.91 Å². The normalized spacial score (nSPS) is 10.6. The fourth-order valence-corrected chi connectivity index (χ4v) is 2.86. The molecule has 0 spiro atoms. The molecule has 0 aromatic heterocycles. The summed E-state index contributed by atoms with van der Waals surface area (Å²) in [7, 11) is 0. The summed E-state index contributed by atoms with van der Waals surface area (Å²) in [6.07, 6.45) is 3.23. The van der Waals surface area contributed by atoms with E-state index in [1.54, 1.807) is 35.2 Å². The van der Waals surface area contributed by atoms with Gasteiger partial charge >= 0.3 is 0 Å². The number of rotatable bonds is 6. The van der Waals surface area contributed by atoms with Gasteiger partial charge in [-0.05, 0) is 48.9 Å². The predicted octanol–water partition coefficient (Wildman–Crippen LogP) is 5.01. The van der Waals surface area contributed by atoms with Crippen molar-refractivity contribution in [3.8, 4) is 0 Å². The maximum Gasteiger partial charge on any atom is 0.258 e. The van der Waals surface area contributed by atoms with Gasteiger partial charge < -0.3 is 10.2 Å². The minimum atomic E-state index is -0.246. The van der Waals surface area contributed by atoms with Crippen LogP contribution in [0.2, 0.25) is 0 Å². The van der Waals surface area contributed by atoms with E-state index >= 15 is 0 Å². The van der Waals surface area contributed by atoms with Crippen molar-refractivity contribution in [1.82, 2.24) is 0 Å². The van der Waals surface area contributed by atoms with Crippen molar-refractivity contribution in [2.24, 2.45) is 0 Å². The molecule has 0 fully saturated rings. The molecule has 0 radical (unpaired) electrons. The highest BCUT2D eigenvalue weighted by atomic mass is 16.2. The Bertz CT molecular complexity index is 966. The summed E-state index contributed by atoms with van der Waals surface area (Å²) in [6, 6.07) is 26.1. The fraction of sp³-hybridized carbons (Fsp3) is 0.0833. The van der Waals surface area contributed by atoms with Gasteiger partial charge in [-0.3, -0.25) is 9.59 Å². The highest BCUT2D eigenvalue weighted by Crippen LogP contribution is 2.19. The summed E-state index contributed by atoms with van der Waals surface area (Å²) in [5, 5.41) is 2.81. The average molecular weight is 370 g/mol. The Kier molecular flexibility index (Phi) is 6.37. The van der Waals surface area contributed by atoms with Crippen molar-refractivity contribution in [2.45, 2.75) is 6.92 Å². The Labute approximate surface area is 165 Å². The lowest BCUT2D eigenvalue weighted by Gasteiger charge is -2.21. The number of hydrogen-bond acceptors (Lipinski definition) is 2. The van der Waals surface area contributed by atoms with Crippen LogP contribution in [0, 0.1) is 0 Å². The SMILES string of the molecule is CCN(C(=O)c1cccc(NC(=O)/C=C/c2ccccc2)c1)c1ccccc1. The second-order valence-electron chi connectivity index (χ2n) is 6.20. The monoisotopic (exact) mass is 370 g/mol. The molecular weight excluding hydrogens is 348 g/mol. The number of nitrogens with one attached hydrogen (secondary N) is 1. The van der Waals surface area contributed by atoms with Crippen LogP contribution in [-0.4, -0.2) is 18.4 Å². The Morgan fingerprint density at radius 2 is 1.57 bits per heavy atom. The quantitative estimate of drug-likeness (QED) is 0.621. The van der Waals surface area contributed by atoms with Gasteiger partial charge in [-0.25, -0.2) is 0 Å². The molecular formula is C24H22N2O2. The first-order valence-corrected chi connectivity index (χ1v) is 9.18. The molecule has 3 rings (SSSR count). The molecule has 0 aliphatic carbocycles. The minimum absolute atomic E-state index is 0.107. The Hall–Kier alpha value is -3.66. The van der Waals surface area contributed by atoms with E-state index in [0.29, 0.717) is 17.8 Å². The summed E-state index contributed by atoms with van der Waals surface area (Å²) in [5.41, 5.74) is 2.89. The van der Waals surface area contributed by atoms with Crippen LogP contribution in [0.4, 0.5) is 11.4 Å². The lowest BCUT2D eigenvalue weighted by atomic mass is 10.1. The number of anilines is 2. The molecule has 0 aliphatic heterocycles. The molecule has 2 amide bonds. The van der Waals surface area contributed by atoms with Gasteiger partial charge in [0.1, 0.15) is 0 Å². The van der Waals surface area contributed by atoms with E-state index in [1.807, 2.05) is 67.6 Å². The first-order chi connectivity index (χ1) is 13.7. The zero-order valence-electron chi connectivity index (χ0n) is 15.7. The molecule has 4 heteroatoms. The molecule has 1 N–H and O–H groups in total. The molecule has 0 saturated heterocycles. The van der Waals surface area contributed by atoms with Crippen LogP contribution in [0.15, 0.2) is 91.0 Å². The predicted molar refractivity (Wildman–Crippen MR) is 114 cm³/mol. The van der Waals surface area contributed by atoms with Crippen molar-refractivity contribution in [2.75, 3.05) is 16.8 Å². The number of benzene rings is 3. The summed E-state index contributed by atoms with van der Waals surface area (Å²) in [5.74, 6) is -0.353. The third-order valence-corrected chi connectivity index (χ3v) is 4.23. The third kappa shape index (κ3) is 4.95. The highest BCUT2D eigenvalue weighted by Gasteiger charge is 2.16. The van der Waals surface area contributed by atoms with E-state index in [1.165, 1.54) is 6.08 Å². The minimum Gasteiger partial charge on any atom is -0.322 e. The van der Waals surface area contributed by atoms with Crippen LogP contribution in [0.25, 0.3) is 6.08 Å². The lowest BCUT2D eigenvalue weighted by Crippen LogP contribution is -2.30. The highest BCUT2D eigenvalue weighted by molar-refractivity contribution is 6.07. The van der Waals surface area contributed by atoms with E-state index in [-0.39, 0.29) is 11.8 Å².